The second kappa shape index (κ2) is 13.1. The molecule has 10 rings (SSSR count). The summed E-state index contributed by atoms with van der Waals surface area (Å²) in [5, 5.41) is 3.27. The molecule has 246 valence electrons. The maximum absolute atomic E-state index is 4.72. The van der Waals surface area contributed by atoms with E-state index in [-0.39, 0.29) is 0 Å². The first kappa shape index (κ1) is 31.0. The fraction of sp³-hybridized carbons (Fsp3) is 0. The number of para-hydroxylation sites is 3. The molecule has 1 aliphatic rings. The van der Waals surface area contributed by atoms with Crippen molar-refractivity contribution in [3.05, 3.63) is 198 Å². The van der Waals surface area contributed by atoms with E-state index in [1.165, 1.54) is 0 Å². The Morgan fingerprint density at radius 1 is 0.278 bits per heavy atom. The SMILES string of the molecule is C1#Cc2cc(-c3cccc4cccnc34)ccc2C#Cc2cc(-c3cccc4cccnc34)ccc2C#Cc2cc(-c3cccc4cccnc34)ccc21. The van der Waals surface area contributed by atoms with E-state index in [9.17, 15) is 0 Å². The number of pyridine rings is 3. The molecule has 0 N–H and O–H groups in total. The van der Waals surface area contributed by atoms with Crippen LogP contribution < -0.4 is 0 Å². The van der Waals surface area contributed by atoms with Crippen molar-refractivity contribution < 1.29 is 0 Å². The predicted octanol–water partition coefficient (Wildman–Crippen LogP) is 10.8. The average molecular weight is 682 g/mol. The van der Waals surface area contributed by atoms with Crippen LogP contribution in [0.15, 0.2) is 164 Å². The van der Waals surface area contributed by atoms with Crippen molar-refractivity contribution in [1.82, 2.24) is 15.0 Å². The Labute approximate surface area is 313 Å². The van der Waals surface area contributed by atoms with Gasteiger partial charge in [-0.3, -0.25) is 15.0 Å². The first-order chi connectivity index (χ1) is 26.7. The summed E-state index contributed by atoms with van der Waals surface area (Å²) in [5.74, 6) is 21.0. The first-order valence-corrected chi connectivity index (χ1v) is 17.8. The normalized spacial score (nSPS) is 11.3. The lowest BCUT2D eigenvalue weighted by Gasteiger charge is -2.10. The molecule has 0 radical (unpaired) electrons. The second-order valence-electron chi connectivity index (χ2n) is 13.2. The summed E-state index contributed by atoms with van der Waals surface area (Å²) in [4.78, 5) is 14.2. The average Bonchev–Trinajstić information content (AvgIpc) is 3.23. The van der Waals surface area contributed by atoms with Crippen LogP contribution in [0.4, 0.5) is 0 Å². The molecular formula is C51H27N3. The van der Waals surface area contributed by atoms with Gasteiger partial charge in [-0.1, -0.05) is 127 Å². The van der Waals surface area contributed by atoms with Crippen LogP contribution in [0, 0.1) is 35.5 Å². The van der Waals surface area contributed by atoms with Gasteiger partial charge in [0.05, 0.1) is 16.6 Å². The number of hydrogen-bond donors (Lipinski definition) is 0. The lowest BCUT2D eigenvalue weighted by atomic mass is 9.94. The van der Waals surface area contributed by atoms with Crippen molar-refractivity contribution >= 4 is 32.7 Å². The predicted molar refractivity (Wildman–Crippen MR) is 219 cm³/mol. The molecule has 0 fully saturated rings. The molecule has 0 saturated heterocycles. The fourth-order valence-electron chi connectivity index (χ4n) is 7.19. The topological polar surface area (TPSA) is 38.7 Å². The van der Waals surface area contributed by atoms with Gasteiger partial charge >= 0.3 is 0 Å². The van der Waals surface area contributed by atoms with Crippen molar-refractivity contribution in [2.45, 2.75) is 0 Å². The van der Waals surface area contributed by atoms with E-state index in [0.29, 0.717) is 0 Å². The van der Waals surface area contributed by atoms with Gasteiger partial charge in [0.1, 0.15) is 0 Å². The second-order valence-corrected chi connectivity index (χ2v) is 13.2. The molecule has 3 aromatic heterocycles. The third-order valence-corrected chi connectivity index (χ3v) is 9.89. The van der Waals surface area contributed by atoms with Gasteiger partial charge in [-0.25, -0.2) is 0 Å². The molecule has 0 amide bonds. The van der Waals surface area contributed by atoms with Gasteiger partial charge in [-0.05, 0) is 71.3 Å². The Kier molecular flexibility index (Phi) is 7.51. The number of rotatable bonds is 3. The maximum atomic E-state index is 4.72. The summed E-state index contributed by atoms with van der Waals surface area (Å²) >= 11 is 0. The minimum atomic E-state index is 0.839. The molecule has 0 atom stereocenters. The molecule has 3 nitrogen and oxygen atoms in total. The van der Waals surface area contributed by atoms with Crippen molar-refractivity contribution in [2.24, 2.45) is 0 Å². The molecule has 6 aromatic carbocycles. The Morgan fingerprint density at radius 3 is 0.907 bits per heavy atom. The fourth-order valence-corrected chi connectivity index (χ4v) is 7.19. The molecule has 0 saturated carbocycles. The highest BCUT2D eigenvalue weighted by atomic mass is 14.7. The molecule has 1 aliphatic carbocycles. The number of benzene rings is 6. The smallest absolute Gasteiger partial charge is 0.0780 e. The minimum Gasteiger partial charge on any atom is -0.256 e. The molecule has 0 bridgehead atoms. The van der Waals surface area contributed by atoms with E-state index < -0.39 is 0 Å². The molecule has 0 aliphatic heterocycles. The molecule has 0 spiro atoms. The summed E-state index contributed by atoms with van der Waals surface area (Å²) < 4.78 is 0. The van der Waals surface area contributed by atoms with Gasteiger partial charge in [-0.2, -0.15) is 0 Å². The van der Waals surface area contributed by atoms with Gasteiger partial charge in [0.15, 0.2) is 0 Å². The largest absolute Gasteiger partial charge is 0.256 e. The maximum Gasteiger partial charge on any atom is 0.0780 e. The summed E-state index contributed by atoms with van der Waals surface area (Å²) in [6.45, 7) is 0. The van der Waals surface area contributed by atoms with Crippen LogP contribution in [0.2, 0.25) is 0 Å². The van der Waals surface area contributed by atoms with Crippen LogP contribution in [0.3, 0.4) is 0 Å². The first-order valence-electron chi connectivity index (χ1n) is 17.8. The van der Waals surface area contributed by atoms with E-state index in [1.807, 2.05) is 36.8 Å². The van der Waals surface area contributed by atoms with Crippen LogP contribution in [-0.4, -0.2) is 15.0 Å². The Bertz CT molecular complexity index is 2830. The van der Waals surface area contributed by atoms with Gasteiger partial charge in [0, 0.05) is 84.8 Å². The van der Waals surface area contributed by atoms with Crippen molar-refractivity contribution in [3.8, 4) is 68.9 Å². The zero-order chi connectivity index (χ0) is 35.8. The molecule has 54 heavy (non-hydrogen) atoms. The molecule has 0 unspecified atom stereocenters. The van der Waals surface area contributed by atoms with Crippen LogP contribution in [0.25, 0.3) is 66.1 Å². The van der Waals surface area contributed by atoms with Gasteiger partial charge in [0.25, 0.3) is 0 Å². The van der Waals surface area contributed by atoms with E-state index in [2.05, 4.69) is 163 Å². The van der Waals surface area contributed by atoms with Gasteiger partial charge < -0.3 is 0 Å². The van der Waals surface area contributed by atoms with Crippen LogP contribution in [-0.2, 0) is 0 Å². The zero-order valence-corrected chi connectivity index (χ0v) is 28.9. The quantitative estimate of drug-likeness (QED) is 0.174. The number of nitrogens with zero attached hydrogens (tertiary/aromatic N) is 3. The Balaban J connectivity index is 1.19. The molecule has 3 heteroatoms. The zero-order valence-electron chi connectivity index (χ0n) is 28.9. The monoisotopic (exact) mass is 681 g/mol. The lowest BCUT2D eigenvalue weighted by Crippen LogP contribution is -1.93. The third kappa shape index (κ3) is 5.62. The molecule has 3 heterocycles. The lowest BCUT2D eigenvalue weighted by molar-refractivity contribution is 1.41. The summed E-state index contributed by atoms with van der Waals surface area (Å²) in [6, 6.07) is 49.9. The number of fused-ring (bicyclic) bond motifs is 6. The Morgan fingerprint density at radius 2 is 0.574 bits per heavy atom. The summed E-state index contributed by atoms with van der Waals surface area (Å²) in [5.41, 5.74) is 14.2. The van der Waals surface area contributed by atoms with Crippen LogP contribution in [0.5, 0.6) is 0 Å². The standard InChI is InChI=1S/C51H27N3/c1-7-37-10-4-28-52-49(37)46(13-1)43-25-19-34-17-23-41-32-45(48-15-3-9-39-12-6-30-54-51(39)48)27-21-36(41)18-24-42-33-44(26-20-35(42)16-22-40(34)31-43)47-14-2-8-38-11-5-29-53-50(38)47/h1-15,19-21,25-33H. The van der Waals surface area contributed by atoms with E-state index in [0.717, 1.165) is 99.5 Å². The van der Waals surface area contributed by atoms with E-state index in [4.69, 9.17) is 15.0 Å². The highest BCUT2D eigenvalue weighted by Crippen LogP contribution is 2.32. The van der Waals surface area contributed by atoms with Crippen LogP contribution in [0.1, 0.15) is 33.4 Å². The highest BCUT2D eigenvalue weighted by Gasteiger charge is 2.12. The number of hydrogen-bond acceptors (Lipinski definition) is 3. The van der Waals surface area contributed by atoms with Crippen molar-refractivity contribution in [3.63, 3.8) is 0 Å². The molecular weight excluding hydrogens is 655 g/mol. The molecule has 9 aromatic rings. The minimum absolute atomic E-state index is 0.839. The summed E-state index contributed by atoms with van der Waals surface area (Å²) in [6.07, 6.45) is 5.52. The van der Waals surface area contributed by atoms with Gasteiger partial charge in [0.2, 0.25) is 0 Å². The highest BCUT2D eigenvalue weighted by molar-refractivity contribution is 5.96. The van der Waals surface area contributed by atoms with E-state index in [1.54, 1.807) is 0 Å². The van der Waals surface area contributed by atoms with E-state index >= 15 is 0 Å². The van der Waals surface area contributed by atoms with Crippen LogP contribution >= 0.6 is 0 Å². The van der Waals surface area contributed by atoms with Gasteiger partial charge in [-0.15, -0.1) is 0 Å². The van der Waals surface area contributed by atoms with Crippen molar-refractivity contribution in [2.75, 3.05) is 0 Å². The summed E-state index contributed by atoms with van der Waals surface area (Å²) in [7, 11) is 0. The number of aromatic nitrogens is 3. The van der Waals surface area contributed by atoms with Crippen molar-refractivity contribution in [1.29, 1.82) is 0 Å². The Hall–Kier alpha value is -7.77. The third-order valence-electron chi connectivity index (χ3n) is 9.89.